The van der Waals surface area contributed by atoms with Gasteiger partial charge in [-0.25, -0.2) is 0 Å². The van der Waals surface area contributed by atoms with Crippen molar-refractivity contribution in [1.82, 2.24) is 0 Å². The lowest BCUT2D eigenvalue weighted by atomic mass is 10.1. The molecular weight excluding hydrogens is 434 g/mol. The maximum Gasteiger partial charge on any atom is 0.255 e. The molecule has 0 saturated heterocycles. The third-order valence-corrected chi connectivity index (χ3v) is 5.30. The molecule has 4 nitrogen and oxygen atoms in total. The standard InChI is InChI=1S/C28H24ClNO3/c1-2-32-27-16-13-22(28(31)30-25-10-6-9-24(29)18-25)17-23(27)19-33-26-14-11-21(12-15-26)20-7-4-3-5-8-20/h3-18H,2,19H2,1H3,(H,30,31). The second-order valence-corrected chi connectivity index (χ2v) is 7.84. The van der Waals surface area contributed by atoms with Crippen LogP contribution in [-0.2, 0) is 6.61 Å². The van der Waals surface area contributed by atoms with Crippen LogP contribution in [0.3, 0.4) is 0 Å². The van der Waals surface area contributed by atoms with Crippen molar-refractivity contribution in [2.75, 3.05) is 11.9 Å². The van der Waals surface area contributed by atoms with Gasteiger partial charge < -0.3 is 14.8 Å². The summed E-state index contributed by atoms with van der Waals surface area (Å²) in [6, 6.07) is 30.5. The number of halogens is 1. The van der Waals surface area contributed by atoms with Crippen molar-refractivity contribution in [1.29, 1.82) is 0 Å². The summed E-state index contributed by atoms with van der Waals surface area (Å²) in [4.78, 5) is 12.8. The van der Waals surface area contributed by atoms with Crippen LogP contribution >= 0.6 is 11.6 Å². The van der Waals surface area contributed by atoms with Gasteiger partial charge in [0.05, 0.1) is 6.61 Å². The molecule has 4 aromatic carbocycles. The van der Waals surface area contributed by atoms with E-state index in [1.165, 1.54) is 0 Å². The second-order valence-electron chi connectivity index (χ2n) is 7.40. The summed E-state index contributed by atoms with van der Waals surface area (Å²) in [5.41, 5.74) is 4.22. The van der Waals surface area contributed by atoms with Gasteiger partial charge in [0.1, 0.15) is 18.1 Å². The molecule has 1 amide bonds. The first-order valence-corrected chi connectivity index (χ1v) is 11.1. The minimum atomic E-state index is -0.228. The van der Waals surface area contributed by atoms with Crippen LogP contribution in [0.25, 0.3) is 11.1 Å². The van der Waals surface area contributed by atoms with Gasteiger partial charge in [-0.05, 0) is 66.6 Å². The van der Waals surface area contributed by atoms with Crippen LogP contribution in [0.15, 0.2) is 97.1 Å². The number of carbonyl (C=O) groups is 1. The van der Waals surface area contributed by atoms with Gasteiger partial charge in [-0.2, -0.15) is 0 Å². The Bertz CT molecular complexity index is 1220. The fraction of sp³-hybridized carbons (Fsp3) is 0.107. The quantitative estimate of drug-likeness (QED) is 0.303. The number of ether oxygens (including phenoxy) is 2. The molecule has 166 valence electrons. The Hall–Kier alpha value is -3.76. The molecule has 0 aliphatic carbocycles. The summed E-state index contributed by atoms with van der Waals surface area (Å²) in [7, 11) is 0. The number of carbonyl (C=O) groups excluding carboxylic acids is 1. The van der Waals surface area contributed by atoms with E-state index >= 15 is 0 Å². The van der Waals surface area contributed by atoms with E-state index in [2.05, 4.69) is 17.4 Å². The smallest absolute Gasteiger partial charge is 0.255 e. The SMILES string of the molecule is CCOc1ccc(C(=O)Nc2cccc(Cl)c2)cc1COc1ccc(-c2ccccc2)cc1. The highest BCUT2D eigenvalue weighted by atomic mass is 35.5. The summed E-state index contributed by atoms with van der Waals surface area (Å²) in [6.07, 6.45) is 0. The van der Waals surface area contributed by atoms with E-state index in [1.807, 2.05) is 49.4 Å². The molecule has 0 spiro atoms. The van der Waals surface area contributed by atoms with Crippen LogP contribution in [0.5, 0.6) is 11.5 Å². The molecule has 1 N–H and O–H groups in total. The van der Waals surface area contributed by atoms with Gasteiger partial charge >= 0.3 is 0 Å². The summed E-state index contributed by atoms with van der Waals surface area (Å²) < 4.78 is 11.8. The Morgan fingerprint density at radius 1 is 0.818 bits per heavy atom. The summed E-state index contributed by atoms with van der Waals surface area (Å²) in [6.45, 7) is 2.72. The zero-order valence-electron chi connectivity index (χ0n) is 18.3. The number of hydrogen-bond donors (Lipinski definition) is 1. The van der Waals surface area contributed by atoms with Gasteiger partial charge in [0.15, 0.2) is 0 Å². The van der Waals surface area contributed by atoms with E-state index in [0.29, 0.717) is 28.6 Å². The number of rotatable bonds is 8. The van der Waals surface area contributed by atoms with E-state index in [1.54, 1.807) is 42.5 Å². The van der Waals surface area contributed by atoms with E-state index in [0.717, 1.165) is 22.4 Å². The number of nitrogens with one attached hydrogen (secondary N) is 1. The van der Waals surface area contributed by atoms with E-state index in [4.69, 9.17) is 21.1 Å². The second kappa shape index (κ2) is 10.7. The molecule has 0 saturated carbocycles. The Morgan fingerprint density at radius 3 is 2.30 bits per heavy atom. The van der Waals surface area contributed by atoms with Crippen molar-refractivity contribution in [3.8, 4) is 22.6 Å². The lowest BCUT2D eigenvalue weighted by molar-refractivity contribution is 0.102. The maximum absolute atomic E-state index is 12.8. The number of benzene rings is 4. The van der Waals surface area contributed by atoms with Crippen molar-refractivity contribution < 1.29 is 14.3 Å². The van der Waals surface area contributed by atoms with E-state index < -0.39 is 0 Å². The van der Waals surface area contributed by atoms with Crippen LogP contribution in [0.1, 0.15) is 22.8 Å². The molecule has 4 aromatic rings. The monoisotopic (exact) mass is 457 g/mol. The van der Waals surface area contributed by atoms with Crippen molar-refractivity contribution in [3.63, 3.8) is 0 Å². The Kier molecular flexibility index (Phi) is 7.28. The first-order valence-electron chi connectivity index (χ1n) is 10.7. The fourth-order valence-corrected chi connectivity index (χ4v) is 3.62. The summed E-state index contributed by atoms with van der Waals surface area (Å²) >= 11 is 6.01. The van der Waals surface area contributed by atoms with Gasteiger partial charge in [-0.15, -0.1) is 0 Å². The zero-order chi connectivity index (χ0) is 23.0. The predicted molar refractivity (Wildman–Crippen MR) is 133 cm³/mol. The lowest BCUT2D eigenvalue weighted by Gasteiger charge is -2.14. The molecule has 4 rings (SSSR count). The Labute approximate surface area is 198 Å². The molecule has 0 fully saturated rings. The first-order chi connectivity index (χ1) is 16.1. The van der Waals surface area contributed by atoms with Gasteiger partial charge in [0.25, 0.3) is 5.91 Å². The van der Waals surface area contributed by atoms with Gasteiger partial charge in [-0.1, -0.05) is 60.1 Å². The number of amides is 1. The van der Waals surface area contributed by atoms with Gasteiger partial charge in [-0.3, -0.25) is 4.79 Å². The van der Waals surface area contributed by atoms with Gasteiger partial charge in [0.2, 0.25) is 0 Å². The topological polar surface area (TPSA) is 47.6 Å². The van der Waals surface area contributed by atoms with Crippen LogP contribution in [0.2, 0.25) is 5.02 Å². The van der Waals surface area contributed by atoms with Crippen molar-refractivity contribution >= 4 is 23.2 Å². The van der Waals surface area contributed by atoms with Gasteiger partial charge in [0, 0.05) is 21.8 Å². The third-order valence-electron chi connectivity index (χ3n) is 5.06. The minimum absolute atomic E-state index is 0.228. The highest BCUT2D eigenvalue weighted by Gasteiger charge is 2.12. The molecular formula is C28H24ClNO3. The molecule has 0 aliphatic rings. The maximum atomic E-state index is 12.8. The summed E-state index contributed by atoms with van der Waals surface area (Å²) in [5.74, 6) is 1.21. The molecule has 0 radical (unpaired) electrons. The molecule has 0 aromatic heterocycles. The predicted octanol–water partition coefficient (Wildman–Crippen LogP) is 7.24. The van der Waals surface area contributed by atoms with Crippen LogP contribution in [-0.4, -0.2) is 12.5 Å². The molecule has 0 heterocycles. The highest BCUT2D eigenvalue weighted by molar-refractivity contribution is 6.31. The average molecular weight is 458 g/mol. The lowest BCUT2D eigenvalue weighted by Crippen LogP contribution is -2.13. The highest BCUT2D eigenvalue weighted by Crippen LogP contribution is 2.26. The largest absolute Gasteiger partial charge is 0.493 e. The Morgan fingerprint density at radius 2 is 1.58 bits per heavy atom. The minimum Gasteiger partial charge on any atom is -0.493 e. The zero-order valence-corrected chi connectivity index (χ0v) is 19.0. The van der Waals surface area contributed by atoms with Crippen LogP contribution in [0, 0.1) is 0 Å². The third kappa shape index (κ3) is 5.93. The van der Waals surface area contributed by atoms with Crippen molar-refractivity contribution in [3.05, 3.63) is 113 Å². The molecule has 0 bridgehead atoms. The van der Waals surface area contributed by atoms with Crippen LogP contribution in [0.4, 0.5) is 5.69 Å². The molecule has 0 unspecified atom stereocenters. The molecule has 5 heteroatoms. The van der Waals surface area contributed by atoms with E-state index in [9.17, 15) is 4.79 Å². The number of hydrogen-bond acceptors (Lipinski definition) is 3. The van der Waals surface area contributed by atoms with Crippen molar-refractivity contribution in [2.45, 2.75) is 13.5 Å². The molecule has 0 aliphatic heterocycles. The molecule has 0 atom stereocenters. The average Bonchev–Trinajstić information content (AvgIpc) is 2.84. The normalized spacial score (nSPS) is 10.5. The van der Waals surface area contributed by atoms with E-state index in [-0.39, 0.29) is 12.5 Å². The first kappa shape index (κ1) is 22.4. The Balaban J connectivity index is 1.48. The van der Waals surface area contributed by atoms with Crippen molar-refractivity contribution in [2.24, 2.45) is 0 Å². The number of anilines is 1. The van der Waals surface area contributed by atoms with Crippen LogP contribution < -0.4 is 14.8 Å². The fourth-order valence-electron chi connectivity index (χ4n) is 3.43. The summed E-state index contributed by atoms with van der Waals surface area (Å²) in [5, 5.41) is 3.43. The molecule has 33 heavy (non-hydrogen) atoms.